The van der Waals surface area contributed by atoms with Crippen molar-refractivity contribution in [3.8, 4) is 5.75 Å². The number of ether oxygens (including phenoxy) is 2. The van der Waals surface area contributed by atoms with Gasteiger partial charge in [0.1, 0.15) is 0 Å². The van der Waals surface area contributed by atoms with Gasteiger partial charge in [0.2, 0.25) is 0 Å². The Morgan fingerprint density at radius 2 is 1.56 bits per heavy atom. The van der Waals surface area contributed by atoms with Crippen LogP contribution in [0.5, 0.6) is 5.75 Å². The van der Waals surface area contributed by atoms with Gasteiger partial charge in [-0.05, 0) is 67.6 Å². The number of hydrogen-bond donors (Lipinski definition) is 0. The Hall–Kier alpha value is -1.34. The number of hydrogen-bond acceptors (Lipinski definition) is 2. The van der Waals surface area contributed by atoms with E-state index in [4.69, 9.17) is 4.74 Å². The topological polar surface area (TPSA) is 18.5 Å². The lowest BCUT2D eigenvalue weighted by Crippen LogP contribution is -2.28. The quantitative estimate of drug-likeness (QED) is 0.150. The van der Waals surface area contributed by atoms with Crippen LogP contribution in [0.1, 0.15) is 69.3 Å². The molecular formula is C25H36F4O2Si. The molecule has 0 atom stereocenters. The van der Waals surface area contributed by atoms with E-state index in [0.29, 0.717) is 5.56 Å². The smallest absolute Gasteiger partial charge is 0.305 e. The SMILES string of the molecule is COCCCCC[SiH]1CCC([C@H]2CC[C@H](c3cc(F)c(OC=C(F)F)c(F)c3)CC2)CC1. The van der Waals surface area contributed by atoms with Gasteiger partial charge in [-0.3, -0.25) is 0 Å². The van der Waals surface area contributed by atoms with Crippen LogP contribution in [0.15, 0.2) is 24.5 Å². The largest absolute Gasteiger partial charge is 0.453 e. The summed E-state index contributed by atoms with van der Waals surface area (Å²) < 4.78 is 62.3. The Labute approximate surface area is 191 Å². The monoisotopic (exact) mass is 472 g/mol. The predicted molar refractivity (Wildman–Crippen MR) is 122 cm³/mol. The second-order valence-corrected chi connectivity index (χ2v) is 13.0. The van der Waals surface area contributed by atoms with Crippen molar-refractivity contribution in [2.45, 2.75) is 81.8 Å². The fourth-order valence-electron chi connectivity index (χ4n) is 5.76. The highest BCUT2D eigenvalue weighted by Crippen LogP contribution is 2.44. The van der Waals surface area contributed by atoms with Crippen molar-refractivity contribution in [1.29, 1.82) is 0 Å². The molecule has 7 heteroatoms. The van der Waals surface area contributed by atoms with Crippen molar-refractivity contribution in [3.05, 3.63) is 41.7 Å². The number of methoxy groups -OCH3 is 1. The highest BCUT2D eigenvalue weighted by Gasteiger charge is 2.32. The summed E-state index contributed by atoms with van der Waals surface area (Å²) in [5.41, 5.74) is 0.611. The molecule has 1 aromatic carbocycles. The molecule has 0 aromatic heterocycles. The first kappa shape index (κ1) is 25.3. The van der Waals surface area contributed by atoms with Crippen LogP contribution in [-0.2, 0) is 4.74 Å². The summed E-state index contributed by atoms with van der Waals surface area (Å²) in [6, 6.07) is 6.92. The molecule has 1 heterocycles. The van der Waals surface area contributed by atoms with Crippen LogP contribution in [0.3, 0.4) is 0 Å². The summed E-state index contributed by atoms with van der Waals surface area (Å²) in [6.45, 7) is 0.880. The molecule has 1 aliphatic carbocycles. The van der Waals surface area contributed by atoms with E-state index in [1.165, 1.54) is 62.4 Å². The van der Waals surface area contributed by atoms with E-state index in [0.717, 1.165) is 44.1 Å². The first-order valence-electron chi connectivity index (χ1n) is 12.1. The minimum absolute atomic E-state index is 0.0609. The van der Waals surface area contributed by atoms with Crippen molar-refractivity contribution in [2.24, 2.45) is 11.8 Å². The van der Waals surface area contributed by atoms with Gasteiger partial charge in [0.15, 0.2) is 23.6 Å². The molecule has 32 heavy (non-hydrogen) atoms. The first-order valence-corrected chi connectivity index (χ1v) is 14.6. The molecule has 0 N–H and O–H groups in total. The molecule has 2 nitrogen and oxygen atoms in total. The zero-order valence-electron chi connectivity index (χ0n) is 19.1. The first-order chi connectivity index (χ1) is 15.5. The van der Waals surface area contributed by atoms with Gasteiger partial charge in [0, 0.05) is 22.5 Å². The summed E-state index contributed by atoms with van der Waals surface area (Å²) >= 11 is 0. The minimum Gasteiger partial charge on any atom is -0.453 e. The van der Waals surface area contributed by atoms with Gasteiger partial charge >= 0.3 is 6.08 Å². The van der Waals surface area contributed by atoms with E-state index in [1.807, 2.05) is 0 Å². The molecule has 1 saturated heterocycles. The standard InChI is InChI=1S/C25H36F4O2Si/c1-30-11-3-2-4-12-32-13-9-20(10-14-32)18-5-7-19(8-6-18)21-15-22(26)25(23(27)16-21)31-17-24(28)29/h15-20,32H,2-14H2,1H3/t18-,19-,20?,32?. The average Bonchev–Trinajstić information content (AvgIpc) is 2.78. The highest BCUT2D eigenvalue weighted by atomic mass is 28.3. The lowest BCUT2D eigenvalue weighted by Gasteiger charge is -2.37. The van der Waals surface area contributed by atoms with Crippen molar-refractivity contribution in [3.63, 3.8) is 0 Å². The van der Waals surface area contributed by atoms with Crippen LogP contribution in [0.25, 0.3) is 0 Å². The zero-order valence-corrected chi connectivity index (χ0v) is 20.2. The van der Waals surface area contributed by atoms with Crippen LogP contribution in [-0.4, -0.2) is 22.5 Å². The lowest BCUT2D eigenvalue weighted by molar-refractivity contribution is 0.192. The van der Waals surface area contributed by atoms with Gasteiger partial charge in [0.25, 0.3) is 0 Å². The van der Waals surface area contributed by atoms with Crippen LogP contribution >= 0.6 is 0 Å². The third-order valence-electron chi connectivity index (χ3n) is 7.55. The lowest BCUT2D eigenvalue weighted by atomic mass is 9.72. The van der Waals surface area contributed by atoms with Crippen molar-refractivity contribution in [1.82, 2.24) is 0 Å². The molecule has 2 fully saturated rings. The number of rotatable bonds is 10. The fraction of sp³-hybridized carbons (Fsp3) is 0.680. The second-order valence-electron chi connectivity index (χ2n) is 9.57. The van der Waals surface area contributed by atoms with Gasteiger partial charge in [-0.15, -0.1) is 0 Å². The summed E-state index contributed by atoms with van der Waals surface area (Å²) in [7, 11) is 1.22. The maximum Gasteiger partial charge on any atom is 0.305 e. The summed E-state index contributed by atoms with van der Waals surface area (Å²) in [4.78, 5) is 0. The summed E-state index contributed by atoms with van der Waals surface area (Å²) in [5, 5.41) is 0. The molecule has 0 amide bonds. The Bertz CT molecular complexity index is 714. The number of unbranched alkanes of at least 4 members (excludes halogenated alkanes) is 2. The van der Waals surface area contributed by atoms with Crippen LogP contribution in [0.2, 0.25) is 18.1 Å². The molecule has 1 aromatic rings. The van der Waals surface area contributed by atoms with Gasteiger partial charge < -0.3 is 9.47 Å². The Morgan fingerprint density at radius 1 is 0.938 bits per heavy atom. The molecule has 3 rings (SSSR count). The van der Waals surface area contributed by atoms with Crippen molar-refractivity contribution in [2.75, 3.05) is 13.7 Å². The second kappa shape index (κ2) is 12.8. The van der Waals surface area contributed by atoms with E-state index >= 15 is 0 Å². The van der Waals surface area contributed by atoms with Crippen molar-refractivity contribution >= 4 is 8.80 Å². The van der Waals surface area contributed by atoms with Crippen LogP contribution < -0.4 is 4.74 Å². The summed E-state index contributed by atoms with van der Waals surface area (Å²) in [6.07, 6.45) is 8.59. The zero-order chi connectivity index (χ0) is 22.9. The fourth-order valence-corrected chi connectivity index (χ4v) is 9.29. The van der Waals surface area contributed by atoms with Crippen LogP contribution in [0, 0.1) is 23.5 Å². The Kier molecular flexibility index (Phi) is 10.1. The third-order valence-corrected chi connectivity index (χ3v) is 11.1. The Morgan fingerprint density at radius 3 is 2.16 bits per heavy atom. The molecule has 0 bridgehead atoms. The molecule has 0 unspecified atom stereocenters. The average molecular weight is 473 g/mol. The maximum absolute atomic E-state index is 14.2. The van der Waals surface area contributed by atoms with Gasteiger partial charge in [0.05, 0.1) is 0 Å². The number of benzene rings is 1. The highest BCUT2D eigenvalue weighted by molar-refractivity contribution is 6.58. The predicted octanol–water partition coefficient (Wildman–Crippen LogP) is 7.81. The summed E-state index contributed by atoms with van der Waals surface area (Å²) in [5.74, 6) is -0.946. The van der Waals surface area contributed by atoms with Gasteiger partial charge in [-0.1, -0.05) is 43.8 Å². The van der Waals surface area contributed by atoms with E-state index < -0.39 is 32.3 Å². The number of halogens is 4. The van der Waals surface area contributed by atoms with Gasteiger partial charge in [-0.25, -0.2) is 8.78 Å². The molecule has 1 aliphatic heterocycles. The molecule has 0 radical (unpaired) electrons. The van der Waals surface area contributed by atoms with Crippen LogP contribution in [0.4, 0.5) is 17.6 Å². The maximum atomic E-state index is 14.2. The minimum atomic E-state index is -2.13. The van der Waals surface area contributed by atoms with E-state index in [1.54, 1.807) is 7.11 Å². The van der Waals surface area contributed by atoms with E-state index in [9.17, 15) is 17.6 Å². The molecule has 1 saturated carbocycles. The van der Waals surface area contributed by atoms with E-state index in [-0.39, 0.29) is 12.2 Å². The van der Waals surface area contributed by atoms with Gasteiger partial charge in [-0.2, -0.15) is 8.78 Å². The van der Waals surface area contributed by atoms with E-state index in [2.05, 4.69) is 4.74 Å². The molecular weight excluding hydrogens is 436 g/mol. The van der Waals surface area contributed by atoms with Crippen molar-refractivity contribution < 1.29 is 27.0 Å². The molecule has 180 valence electrons. The Balaban J connectivity index is 1.43. The molecule has 2 aliphatic rings. The molecule has 0 spiro atoms. The third kappa shape index (κ3) is 7.34. The normalized spacial score (nSPS) is 26.0.